The summed E-state index contributed by atoms with van der Waals surface area (Å²) in [6, 6.07) is 0. The summed E-state index contributed by atoms with van der Waals surface area (Å²) in [6.45, 7) is 10.6. The van der Waals surface area contributed by atoms with Gasteiger partial charge in [0.2, 0.25) is 0 Å². The molecular formula is C16H32N2. The van der Waals surface area contributed by atoms with Gasteiger partial charge in [-0.3, -0.25) is 4.90 Å². The molecule has 2 aliphatic rings. The van der Waals surface area contributed by atoms with Crippen molar-refractivity contribution in [2.45, 2.75) is 64.8 Å². The van der Waals surface area contributed by atoms with E-state index in [1.165, 1.54) is 51.6 Å². The van der Waals surface area contributed by atoms with Gasteiger partial charge in [0, 0.05) is 12.1 Å². The van der Waals surface area contributed by atoms with Gasteiger partial charge >= 0.3 is 0 Å². The van der Waals surface area contributed by atoms with Crippen molar-refractivity contribution >= 4 is 0 Å². The molecule has 1 aliphatic heterocycles. The van der Waals surface area contributed by atoms with Crippen LogP contribution in [0, 0.1) is 17.8 Å². The average Bonchev–Trinajstić information content (AvgIpc) is 2.59. The second-order valence-corrected chi connectivity index (χ2v) is 7.20. The van der Waals surface area contributed by atoms with Crippen LogP contribution in [0.15, 0.2) is 0 Å². The smallest absolute Gasteiger partial charge is 0.0334 e. The number of hydrogen-bond donors (Lipinski definition) is 1. The molecule has 1 heterocycles. The zero-order valence-electron chi connectivity index (χ0n) is 12.6. The summed E-state index contributed by atoms with van der Waals surface area (Å²) in [5.74, 6) is 2.66. The summed E-state index contributed by atoms with van der Waals surface area (Å²) in [6.07, 6.45) is 8.21. The topological polar surface area (TPSA) is 29.3 Å². The summed E-state index contributed by atoms with van der Waals surface area (Å²) in [5.41, 5.74) is 6.52. The van der Waals surface area contributed by atoms with Crippen molar-refractivity contribution in [2.75, 3.05) is 19.6 Å². The molecule has 0 radical (unpaired) electrons. The zero-order chi connectivity index (χ0) is 13.2. The Morgan fingerprint density at radius 2 is 2.00 bits per heavy atom. The summed E-state index contributed by atoms with van der Waals surface area (Å²) < 4.78 is 0. The number of nitrogens with two attached hydrogens (primary N) is 1. The fourth-order valence-corrected chi connectivity index (χ4v) is 4.23. The maximum atomic E-state index is 6.17. The van der Waals surface area contributed by atoms with Gasteiger partial charge in [-0.05, 0) is 69.4 Å². The lowest BCUT2D eigenvalue weighted by molar-refractivity contribution is 0.0976. The Kier molecular flexibility index (Phi) is 4.71. The van der Waals surface area contributed by atoms with Crippen LogP contribution >= 0.6 is 0 Å². The molecule has 0 aromatic rings. The van der Waals surface area contributed by atoms with Gasteiger partial charge in [0.25, 0.3) is 0 Å². The van der Waals surface area contributed by atoms with Gasteiger partial charge in [0.1, 0.15) is 0 Å². The molecule has 1 aliphatic carbocycles. The molecule has 2 rings (SSSR count). The average molecular weight is 252 g/mol. The molecule has 0 aromatic carbocycles. The van der Waals surface area contributed by atoms with Crippen LogP contribution in [0.25, 0.3) is 0 Å². The summed E-state index contributed by atoms with van der Waals surface area (Å²) >= 11 is 0. The van der Waals surface area contributed by atoms with E-state index in [-0.39, 0.29) is 0 Å². The number of hydrogen-bond acceptors (Lipinski definition) is 2. The minimum absolute atomic E-state index is 0.352. The fraction of sp³-hybridized carbons (Fsp3) is 1.00. The SMILES string of the molecule is CC1CCC(CN)(N2CCCC(C(C)C)CC2)C1. The van der Waals surface area contributed by atoms with Crippen LogP contribution in [0.3, 0.4) is 0 Å². The van der Waals surface area contributed by atoms with Gasteiger partial charge in [-0.2, -0.15) is 0 Å². The van der Waals surface area contributed by atoms with E-state index < -0.39 is 0 Å². The molecule has 2 fully saturated rings. The van der Waals surface area contributed by atoms with E-state index in [1.807, 2.05) is 0 Å². The first-order valence-corrected chi connectivity index (χ1v) is 8.02. The Balaban J connectivity index is 2.00. The molecule has 3 atom stereocenters. The largest absolute Gasteiger partial charge is 0.329 e. The van der Waals surface area contributed by atoms with Crippen molar-refractivity contribution in [2.24, 2.45) is 23.5 Å². The Morgan fingerprint density at radius 3 is 2.56 bits per heavy atom. The molecule has 0 bridgehead atoms. The first kappa shape index (κ1) is 14.3. The highest BCUT2D eigenvalue weighted by Crippen LogP contribution is 2.40. The lowest BCUT2D eigenvalue weighted by Crippen LogP contribution is -2.52. The number of nitrogens with zero attached hydrogens (tertiary/aromatic N) is 1. The van der Waals surface area contributed by atoms with Crippen molar-refractivity contribution < 1.29 is 0 Å². The maximum absolute atomic E-state index is 6.17. The van der Waals surface area contributed by atoms with Gasteiger partial charge in [0.05, 0.1) is 0 Å². The molecule has 1 saturated heterocycles. The standard InChI is InChI=1S/C16H32N2/c1-13(2)15-5-4-9-18(10-7-15)16(12-17)8-6-14(3)11-16/h13-15H,4-12,17H2,1-3H3. The van der Waals surface area contributed by atoms with Crippen LogP contribution < -0.4 is 5.73 Å². The van der Waals surface area contributed by atoms with Crippen LogP contribution in [0.1, 0.15) is 59.3 Å². The van der Waals surface area contributed by atoms with Gasteiger partial charge in [0.15, 0.2) is 0 Å². The van der Waals surface area contributed by atoms with E-state index in [2.05, 4.69) is 25.7 Å². The summed E-state index contributed by atoms with van der Waals surface area (Å²) in [5, 5.41) is 0. The van der Waals surface area contributed by atoms with Crippen molar-refractivity contribution in [1.82, 2.24) is 4.90 Å². The first-order valence-electron chi connectivity index (χ1n) is 8.02. The highest BCUT2D eigenvalue weighted by molar-refractivity contribution is 4.98. The van der Waals surface area contributed by atoms with Gasteiger partial charge in [-0.15, -0.1) is 0 Å². The third-order valence-electron chi connectivity index (χ3n) is 5.60. The minimum Gasteiger partial charge on any atom is -0.329 e. The molecule has 3 unspecified atom stereocenters. The molecule has 0 spiro atoms. The van der Waals surface area contributed by atoms with Gasteiger partial charge < -0.3 is 5.73 Å². The van der Waals surface area contributed by atoms with Crippen LogP contribution in [0.2, 0.25) is 0 Å². The van der Waals surface area contributed by atoms with Crippen molar-refractivity contribution in [3.63, 3.8) is 0 Å². The lowest BCUT2D eigenvalue weighted by Gasteiger charge is -2.40. The number of likely N-dealkylation sites (tertiary alicyclic amines) is 1. The van der Waals surface area contributed by atoms with E-state index in [0.29, 0.717) is 5.54 Å². The zero-order valence-corrected chi connectivity index (χ0v) is 12.6. The van der Waals surface area contributed by atoms with Crippen LogP contribution in [0.5, 0.6) is 0 Å². The second-order valence-electron chi connectivity index (χ2n) is 7.20. The highest BCUT2D eigenvalue weighted by Gasteiger charge is 2.41. The van der Waals surface area contributed by atoms with Crippen molar-refractivity contribution in [3.05, 3.63) is 0 Å². The third-order valence-corrected chi connectivity index (χ3v) is 5.60. The Morgan fingerprint density at radius 1 is 1.22 bits per heavy atom. The van der Waals surface area contributed by atoms with E-state index in [9.17, 15) is 0 Å². The van der Waals surface area contributed by atoms with E-state index >= 15 is 0 Å². The first-order chi connectivity index (χ1) is 8.57. The van der Waals surface area contributed by atoms with Crippen LogP contribution in [-0.4, -0.2) is 30.1 Å². The molecule has 18 heavy (non-hydrogen) atoms. The van der Waals surface area contributed by atoms with Gasteiger partial charge in [-0.1, -0.05) is 20.8 Å². The van der Waals surface area contributed by atoms with Crippen molar-refractivity contribution in [1.29, 1.82) is 0 Å². The minimum atomic E-state index is 0.352. The predicted molar refractivity (Wildman–Crippen MR) is 78.6 cm³/mol. The highest BCUT2D eigenvalue weighted by atomic mass is 15.2. The lowest BCUT2D eigenvalue weighted by atomic mass is 9.89. The second kappa shape index (κ2) is 5.92. The van der Waals surface area contributed by atoms with Crippen LogP contribution in [0.4, 0.5) is 0 Å². The Hall–Kier alpha value is -0.0800. The van der Waals surface area contributed by atoms with Crippen LogP contribution in [-0.2, 0) is 0 Å². The quantitative estimate of drug-likeness (QED) is 0.835. The molecule has 2 N–H and O–H groups in total. The normalized spacial score (nSPS) is 39.2. The molecular weight excluding hydrogens is 220 g/mol. The monoisotopic (exact) mass is 252 g/mol. The summed E-state index contributed by atoms with van der Waals surface area (Å²) in [7, 11) is 0. The Labute approximate surface area is 113 Å². The molecule has 0 amide bonds. The maximum Gasteiger partial charge on any atom is 0.0334 e. The van der Waals surface area contributed by atoms with E-state index in [0.717, 1.165) is 24.3 Å². The summed E-state index contributed by atoms with van der Waals surface area (Å²) in [4.78, 5) is 2.76. The Bertz CT molecular complexity index is 264. The van der Waals surface area contributed by atoms with Gasteiger partial charge in [-0.25, -0.2) is 0 Å². The molecule has 2 nitrogen and oxygen atoms in total. The molecule has 1 saturated carbocycles. The fourth-order valence-electron chi connectivity index (χ4n) is 4.23. The third kappa shape index (κ3) is 2.91. The molecule has 2 heteroatoms. The van der Waals surface area contributed by atoms with E-state index in [4.69, 9.17) is 5.73 Å². The predicted octanol–water partition coefficient (Wildman–Crippen LogP) is 3.26. The number of rotatable bonds is 3. The van der Waals surface area contributed by atoms with Crippen molar-refractivity contribution in [3.8, 4) is 0 Å². The molecule has 0 aromatic heterocycles. The molecule has 106 valence electrons. The van der Waals surface area contributed by atoms with E-state index in [1.54, 1.807) is 0 Å².